The van der Waals surface area contributed by atoms with Crippen LogP contribution in [-0.2, 0) is 31.1 Å². The molecule has 4 nitrogen and oxygen atoms in total. The van der Waals surface area contributed by atoms with Gasteiger partial charge in [0.2, 0.25) is 0 Å². The minimum Gasteiger partial charge on any atom is -0.481 e. The van der Waals surface area contributed by atoms with Crippen molar-refractivity contribution >= 4 is 21.9 Å². The van der Waals surface area contributed by atoms with Crippen LogP contribution < -0.4 is 0 Å². The van der Waals surface area contributed by atoms with Crippen molar-refractivity contribution in [2.75, 3.05) is 0 Å². The molecule has 0 aliphatic heterocycles. The molecule has 1 heterocycles. The molecule has 0 bridgehead atoms. The Morgan fingerprint density at radius 1 is 1.38 bits per heavy atom. The number of aromatic nitrogens is 2. The number of rotatable bonds is 3. The average molecular weight is 349 g/mol. The van der Waals surface area contributed by atoms with E-state index < -0.39 is 11.4 Å². The first-order valence-electron chi connectivity index (χ1n) is 6.91. The Balaban J connectivity index is 2.00. The monoisotopic (exact) mass is 348 g/mol. The molecule has 1 N–H and O–H groups in total. The number of carboxylic acid groups (broad SMARTS) is 1. The second-order valence-corrected chi connectivity index (χ2v) is 6.65. The number of fused-ring (bicyclic) bond motifs is 1. The van der Waals surface area contributed by atoms with Crippen LogP contribution in [0.5, 0.6) is 0 Å². The number of aliphatic carboxylic acids is 1. The predicted molar refractivity (Wildman–Crippen MR) is 83.3 cm³/mol. The molecule has 0 fully saturated rings. The zero-order chi connectivity index (χ0) is 15.2. The van der Waals surface area contributed by atoms with Crippen molar-refractivity contribution in [3.63, 3.8) is 0 Å². The Hall–Kier alpha value is -1.62. The Morgan fingerprint density at radius 2 is 1.95 bits per heavy atom. The van der Waals surface area contributed by atoms with Gasteiger partial charge in [-0.3, -0.25) is 9.48 Å². The standard InChI is InChI=1S/C16H17BrN2O2/c1-10-14(17)13(19(2)18-10)9-16(15(20)21)7-11-5-3-4-6-12(11)8-16/h3-6H,7-9H2,1-2H3,(H,20,21). The topological polar surface area (TPSA) is 55.1 Å². The van der Waals surface area contributed by atoms with E-state index in [-0.39, 0.29) is 0 Å². The second kappa shape index (κ2) is 4.98. The van der Waals surface area contributed by atoms with E-state index in [4.69, 9.17) is 0 Å². The van der Waals surface area contributed by atoms with Gasteiger partial charge >= 0.3 is 5.97 Å². The molecule has 1 aromatic carbocycles. The van der Waals surface area contributed by atoms with E-state index in [1.54, 1.807) is 4.68 Å². The third-order valence-corrected chi connectivity index (χ3v) is 5.43. The van der Waals surface area contributed by atoms with Gasteiger partial charge in [0.25, 0.3) is 0 Å². The molecule has 0 atom stereocenters. The van der Waals surface area contributed by atoms with E-state index in [2.05, 4.69) is 21.0 Å². The van der Waals surface area contributed by atoms with Gasteiger partial charge in [0.15, 0.2) is 0 Å². The highest BCUT2D eigenvalue weighted by atomic mass is 79.9. The van der Waals surface area contributed by atoms with E-state index >= 15 is 0 Å². The highest BCUT2D eigenvalue weighted by Gasteiger charge is 2.45. The summed E-state index contributed by atoms with van der Waals surface area (Å²) in [6.45, 7) is 1.92. The lowest BCUT2D eigenvalue weighted by Crippen LogP contribution is -2.35. The number of halogens is 1. The fourth-order valence-corrected chi connectivity index (χ4v) is 3.71. The molecule has 0 unspecified atom stereocenters. The molecule has 1 aliphatic carbocycles. The lowest BCUT2D eigenvalue weighted by atomic mass is 9.80. The van der Waals surface area contributed by atoms with E-state index in [1.807, 2.05) is 38.2 Å². The van der Waals surface area contributed by atoms with Crippen LogP contribution in [0.2, 0.25) is 0 Å². The third-order valence-electron chi connectivity index (χ3n) is 4.40. The average Bonchev–Trinajstić information content (AvgIpc) is 2.93. The van der Waals surface area contributed by atoms with Crippen molar-refractivity contribution in [3.8, 4) is 0 Å². The minimum atomic E-state index is -0.771. The van der Waals surface area contributed by atoms with Crippen LogP contribution >= 0.6 is 15.9 Å². The van der Waals surface area contributed by atoms with E-state index in [0.29, 0.717) is 19.3 Å². The quantitative estimate of drug-likeness (QED) is 0.927. The first kappa shape index (κ1) is 14.3. The summed E-state index contributed by atoms with van der Waals surface area (Å²) in [4.78, 5) is 12.0. The van der Waals surface area contributed by atoms with Crippen LogP contribution in [0.25, 0.3) is 0 Å². The second-order valence-electron chi connectivity index (χ2n) is 5.85. The molecule has 2 aromatic rings. The van der Waals surface area contributed by atoms with Gasteiger partial charge in [-0.05, 0) is 46.8 Å². The summed E-state index contributed by atoms with van der Waals surface area (Å²) in [5.74, 6) is -0.732. The molecule has 0 saturated carbocycles. The van der Waals surface area contributed by atoms with Gasteiger partial charge in [-0.2, -0.15) is 5.10 Å². The fraction of sp³-hybridized carbons (Fsp3) is 0.375. The Morgan fingerprint density at radius 3 is 2.38 bits per heavy atom. The summed E-state index contributed by atoms with van der Waals surface area (Å²) in [7, 11) is 1.87. The van der Waals surface area contributed by atoms with Crippen molar-refractivity contribution in [2.45, 2.75) is 26.2 Å². The molecule has 110 valence electrons. The summed E-state index contributed by atoms with van der Waals surface area (Å²) in [6.07, 6.45) is 1.64. The number of hydrogen-bond acceptors (Lipinski definition) is 2. The summed E-state index contributed by atoms with van der Waals surface area (Å²) < 4.78 is 2.70. The summed E-state index contributed by atoms with van der Waals surface area (Å²) >= 11 is 3.54. The van der Waals surface area contributed by atoms with Crippen LogP contribution in [0.4, 0.5) is 0 Å². The van der Waals surface area contributed by atoms with Crippen LogP contribution in [0.1, 0.15) is 22.5 Å². The van der Waals surface area contributed by atoms with Crippen LogP contribution in [0.15, 0.2) is 28.7 Å². The van der Waals surface area contributed by atoms with Crippen LogP contribution in [0.3, 0.4) is 0 Å². The van der Waals surface area contributed by atoms with Crippen molar-refractivity contribution in [3.05, 3.63) is 51.3 Å². The number of nitrogens with zero attached hydrogens (tertiary/aromatic N) is 2. The molecule has 21 heavy (non-hydrogen) atoms. The van der Waals surface area contributed by atoms with Gasteiger partial charge in [0, 0.05) is 13.5 Å². The summed E-state index contributed by atoms with van der Waals surface area (Å²) in [5, 5.41) is 14.2. The summed E-state index contributed by atoms with van der Waals surface area (Å²) in [5.41, 5.74) is 3.36. The molecule has 3 rings (SSSR count). The minimum absolute atomic E-state index is 0.481. The largest absolute Gasteiger partial charge is 0.481 e. The van der Waals surface area contributed by atoms with Crippen molar-refractivity contribution in [1.82, 2.24) is 9.78 Å². The molecule has 0 radical (unpaired) electrons. The smallest absolute Gasteiger partial charge is 0.310 e. The fourth-order valence-electron chi connectivity index (χ4n) is 3.24. The third kappa shape index (κ3) is 2.29. The molecule has 1 aliphatic rings. The van der Waals surface area contributed by atoms with Gasteiger partial charge < -0.3 is 5.11 Å². The molecule has 1 aromatic heterocycles. The van der Waals surface area contributed by atoms with Crippen molar-refractivity contribution in [2.24, 2.45) is 12.5 Å². The first-order chi connectivity index (χ1) is 9.93. The van der Waals surface area contributed by atoms with Crippen LogP contribution in [0, 0.1) is 12.3 Å². The number of aryl methyl sites for hydroxylation is 2. The molecular weight excluding hydrogens is 332 g/mol. The van der Waals surface area contributed by atoms with E-state index in [1.165, 1.54) is 0 Å². The number of benzene rings is 1. The molecule has 0 amide bonds. The summed E-state index contributed by atoms with van der Waals surface area (Å²) in [6, 6.07) is 8.01. The number of carbonyl (C=O) groups is 1. The predicted octanol–water partition coefficient (Wildman–Crippen LogP) is 2.90. The Bertz CT molecular complexity index is 696. The Kier molecular flexibility index (Phi) is 3.40. The normalized spacial score (nSPS) is 16.0. The van der Waals surface area contributed by atoms with Gasteiger partial charge in [-0.25, -0.2) is 0 Å². The zero-order valence-corrected chi connectivity index (χ0v) is 13.6. The SMILES string of the molecule is Cc1nn(C)c(CC2(C(=O)O)Cc3ccccc3C2)c1Br. The highest BCUT2D eigenvalue weighted by Crippen LogP contribution is 2.41. The van der Waals surface area contributed by atoms with Crippen molar-refractivity contribution < 1.29 is 9.90 Å². The zero-order valence-electron chi connectivity index (χ0n) is 12.1. The lowest BCUT2D eigenvalue weighted by molar-refractivity contribution is -0.148. The molecule has 5 heteroatoms. The molecular formula is C16H17BrN2O2. The van der Waals surface area contributed by atoms with Gasteiger partial charge in [0.1, 0.15) is 0 Å². The maximum absolute atomic E-state index is 12.0. The van der Waals surface area contributed by atoms with Gasteiger partial charge in [-0.15, -0.1) is 0 Å². The number of carboxylic acids is 1. The molecule has 0 saturated heterocycles. The maximum atomic E-state index is 12.0. The van der Waals surface area contributed by atoms with Crippen LogP contribution in [-0.4, -0.2) is 20.9 Å². The van der Waals surface area contributed by atoms with E-state index in [9.17, 15) is 9.90 Å². The van der Waals surface area contributed by atoms with Gasteiger partial charge in [-0.1, -0.05) is 24.3 Å². The first-order valence-corrected chi connectivity index (χ1v) is 7.70. The lowest BCUT2D eigenvalue weighted by Gasteiger charge is -2.24. The number of hydrogen-bond donors (Lipinski definition) is 1. The van der Waals surface area contributed by atoms with E-state index in [0.717, 1.165) is 27.0 Å². The van der Waals surface area contributed by atoms with Gasteiger partial charge in [0.05, 0.1) is 21.3 Å². The maximum Gasteiger partial charge on any atom is 0.310 e. The van der Waals surface area contributed by atoms with Crippen molar-refractivity contribution in [1.29, 1.82) is 0 Å². The Labute approximate surface area is 131 Å². The highest BCUT2D eigenvalue weighted by molar-refractivity contribution is 9.10. The molecule has 0 spiro atoms.